The predicted molar refractivity (Wildman–Crippen MR) is 98.6 cm³/mol. The van der Waals surface area contributed by atoms with Gasteiger partial charge in [0.2, 0.25) is 5.91 Å². The first-order valence-corrected chi connectivity index (χ1v) is 9.01. The second-order valence-corrected chi connectivity index (χ2v) is 6.79. The van der Waals surface area contributed by atoms with Gasteiger partial charge in [-0.3, -0.25) is 9.69 Å². The number of ether oxygens (including phenoxy) is 1. The molecular weight excluding hydrogens is 318 g/mol. The molecule has 2 rings (SSSR count). The number of benzene rings is 1. The number of aryl methyl sites for hydroxylation is 1. The van der Waals surface area contributed by atoms with E-state index in [-0.39, 0.29) is 12.0 Å². The molecule has 0 aromatic heterocycles. The van der Waals surface area contributed by atoms with Crippen LogP contribution in [0.15, 0.2) is 24.3 Å². The van der Waals surface area contributed by atoms with Gasteiger partial charge in [-0.2, -0.15) is 0 Å². The van der Waals surface area contributed by atoms with Gasteiger partial charge >= 0.3 is 6.09 Å². The van der Waals surface area contributed by atoms with Crippen LogP contribution >= 0.6 is 0 Å². The van der Waals surface area contributed by atoms with E-state index in [2.05, 4.69) is 17.1 Å². The normalized spacial score (nSPS) is 15.3. The Bertz CT molecular complexity index is 581. The van der Waals surface area contributed by atoms with Crippen LogP contribution in [0, 0.1) is 5.92 Å². The fraction of sp³-hybridized carbons (Fsp3) is 0.579. The number of hydrogen-bond acceptors (Lipinski definition) is 4. The van der Waals surface area contributed by atoms with Gasteiger partial charge < -0.3 is 15.0 Å². The number of rotatable bonds is 6. The molecule has 2 amide bonds. The molecule has 0 saturated carbocycles. The van der Waals surface area contributed by atoms with Gasteiger partial charge in [0.1, 0.15) is 0 Å². The predicted octanol–water partition coefficient (Wildman–Crippen LogP) is 2.60. The lowest BCUT2D eigenvalue weighted by molar-refractivity contribution is -0.117. The van der Waals surface area contributed by atoms with Crippen molar-refractivity contribution in [3.05, 3.63) is 29.8 Å². The Kier molecular flexibility index (Phi) is 7.25. The third-order valence-corrected chi connectivity index (χ3v) is 4.21. The van der Waals surface area contributed by atoms with Crippen molar-refractivity contribution in [3.8, 4) is 0 Å². The summed E-state index contributed by atoms with van der Waals surface area (Å²) in [7, 11) is 0. The molecule has 1 aromatic rings. The number of carbonyl (C=O) groups excluding carboxylic acids is 2. The van der Waals surface area contributed by atoms with Gasteiger partial charge in [-0.1, -0.05) is 39.0 Å². The van der Waals surface area contributed by atoms with E-state index in [1.165, 1.54) is 0 Å². The lowest BCUT2D eigenvalue weighted by Crippen LogP contribution is -2.50. The monoisotopic (exact) mass is 347 g/mol. The van der Waals surface area contributed by atoms with Gasteiger partial charge in [0.15, 0.2) is 0 Å². The van der Waals surface area contributed by atoms with Crippen molar-refractivity contribution in [2.24, 2.45) is 5.92 Å². The number of anilines is 1. The number of nitrogens with zero attached hydrogens (tertiary/aromatic N) is 2. The molecule has 25 heavy (non-hydrogen) atoms. The Balaban J connectivity index is 1.76. The van der Waals surface area contributed by atoms with Gasteiger partial charge in [0.05, 0.1) is 13.2 Å². The number of amides is 2. The lowest BCUT2D eigenvalue weighted by Gasteiger charge is -2.33. The minimum absolute atomic E-state index is 0.0169. The molecule has 6 heteroatoms. The van der Waals surface area contributed by atoms with Crippen LogP contribution in [0.2, 0.25) is 0 Å². The Morgan fingerprint density at radius 1 is 1.16 bits per heavy atom. The molecule has 1 N–H and O–H groups in total. The molecule has 0 spiro atoms. The molecule has 0 aliphatic carbocycles. The van der Waals surface area contributed by atoms with Gasteiger partial charge in [-0.15, -0.1) is 0 Å². The number of hydrogen-bond donors (Lipinski definition) is 1. The average Bonchev–Trinajstić information content (AvgIpc) is 2.60. The maximum Gasteiger partial charge on any atom is 0.409 e. The fourth-order valence-electron chi connectivity index (χ4n) is 2.76. The zero-order valence-corrected chi connectivity index (χ0v) is 15.5. The standard InChI is InChI=1S/C19H29N3O3/c1-4-16-7-5-6-8-17(16)20-18(23)13-21-9-11-22(12-10-21)19(24)25-14-15(2)3/h5-8,15H,4,9-14H2,1-3H3,(H,20,23). The first-order valence-electron chi connectivity index (χ1n) is 9.01. The Labute approximate surface area is 150 Å². The van der Waals surface area contributed by atoms with E-state index in [1.54, 1.807) is 4.90 Å². The van der Waals surface area contributed by atoms with Crippen LogP contribution in [0.3, 0.4) is 0 Å². The van der Waals surface area contributed by atoms with Crippen molar-refractivity contribution in [1.29, 1.82) is 0 Å². The number of carbonyl (C=O) groups is 2. The second-order valence-electron chi connectivity index (χ2n) is 6.79. The molecule has 0 radical (unpaired) electrons. The minimum atomic E-state index is -0.255. The molecular formula is C19H29N3O3. The smallest absolute Gasteiger partial charge is 0.409 e. The zero-order valence-electron chi connectivity index (χ0n) is 15.5. The summed E-state index contributed by atoms with van der Waals surface area (Å²) in [6.45, 7) is 9.43. The van der Waals surface area contributed by atoms with E-state index in [9.17, 15) is 9.59 Å². The Morgan fingerprint density at radius 3 is 2.48 bits per heavy atom. The second kappa shape index (κ2) is 9.42. The Morgan fingerprint density at radius 2 is 1.84 bits per heavy atom. The van der Waals surface area contributed by atoms with Crippen LogP contribution in [0.25, 0.3) is 0 Å². The van der Waals surface area contributed by atoms with E-state index in [4.69, 9.17) is 4.74 Å². The highest BCUT2D eigenvalue weighted by molar-refractivity contribution is 5.93. The van der Waals surface area contributed by atoms with Crippen molar-refractivity contribution < 1.29 is 14.3 Å². The van der Waals surface area contributed by atoms with Crippen molar-refractivity contribution in [3.63, 3.8) is 0 Å². The van der Waals surface area contributed by atoms with E-state index in [0.29, 0.717) is 45.2 Å². The third kappa shape index (κ3) is 6.05. The number of nitrogens with one attached hydrogen (secondary N) is 1. The van der Waals surface area contributed by atoms with E-state index < -0.39 is 0 Å². The highest BCUT2D eigenvalue weighted by Crippen LogP contribution is 2.15. The molecule has 1 aromatic carbocycles. The number of piperazine rings is 1. The summed E-state index contributed by atoms with van der Waals surface area (Å²) in [5.41, 5.74) is 2.01. The van der Waals surface area contributed by atoms with Gasteiger partial charge in [-0.25, -0.2) is 4.79 Å². The molecule has 1 fully saturated rings. The highest BCUT2D eigenvalue weighted by Gasteiger charge is 2.23. The third-order valence-electron chi connectivity index (χ3n) is 4.21. The van der Waals surface area contributed by atoms with Crippen LogP contribution in [0.5, 0.6) is 0 Å². The molecule has 1 aliphatic rings. The molecule has 6 nitrogen and oxygen atoms in total. The van der Waals surface area contributed by atoms with Crippen molar-refractivity contribution in [2.45, 2.75) is 27.2 Å². The molecule has 1 saturated heterocycles. The molecule has 0 atom stereocenters. The highest BCUT2D eigenvalue weighted by atomic mass is 16.6. The summed E-state index contributed by atoms with van der Waals surface area (Å²) in [4.78, 5) is 28.0. The first kappa shape index (κ1) is 19.2. The molecule has 0 bridgehead atoms. The molecule has 0 unspecified atom stereocenters. The summed E-state index contributed by atoms with van der Waals surface area (Å²) in [5, 5.41) is 2.99. The maximum absolute atomic E-state index is 12.3. The lowest BCUT2D eigenvalue weighted by atomic mass is 10.1. The van der Waals surface area contributed by atoms with Crippen LogP contribution in [0.4, 0.5) is 10.5 Å². The zero-order chi connectivity index (χ0) is 18.2. The van der Waals surface area contributed by atoms with Crippen molar-refractivity contribution in [1.82, 2.24) is 9.80 Å². The molecule has 138 valence electrons. The van der Waals surface area contributed by atoms with Crippen molar-refractivity contribution >= 4 is 17.7 Å². The Hall–Kier alpha value is -2.08. The van der Waals surface area contributed by atoms with Crippen molar-refractivity contribution in [2.75, 3.05) is 44.6 Å². The maximum atomic E-state index is 12.3. The summed E-state index contributed by atoms with van der Waals surface area (Å²) in [6, 6.07) is 7.86. The van der Waals surface area contributed by atoms with Crippen LogP contribution in [0.1, 0.15) is 26.3 Å². The number of para-hydroxylation sites is 1. The van der Waals surface area contributed by atoms with E-state index in [1.807, 2.05) is 38.1 Å². The summed E-state index contributed by atoms with van der Waals surface area (Å²) in [5.74, 6) is 0.316. The minimum Gasteiger partial charge on any atom is -0.449 e. The van der Waals surface area contributed by atoms with Crippen LogP contribution in [-0.2, 0) is 16.0 Å². The first-order chi connectivity index (χ1) is 12.0. The molecule has 1 heterocycles. The van der Waals surface area contributed by atoms with Crippen LogP contribution in [-0.4, -0.2) is 61.1 Å². The summed E-state index contributed by atoms with van der Waals surface area (Å²) < 4.78 is 5.25. The summed E-state index contributed by atoms with van der Waals surface area (Å²) in [6.07, 6.45) is 0.628. The summed E-state index contributed by atoms with van der Waals surface area (Å²) >= 11 is 0. The van der Waals surface area contributed by atoms with Gasteiger partial charge in [0.25, 0.3) is 0 Å². The van der Waals surface area contributed by atoms with Gasteiger partial charge in [-0.05, 0) is 24.0 Å². The quantitative estimate of drug-likeness (QED) is 0.859. The van der Waals surface area contributed by atoms with Gasteiger partial charge in [0, 0.05) is 31.9 Å². The largest absolute Gasteiger partial charge is 0.449 e. The van der Waals surface area contributed by atoms with E-state index >= 15 is 0 Å². The fourth-order valence-corrected chi connectivity index (χ4v) is 2.76. The van der Waals surface area contributed by atoms with E-state index in [0.717, 1.165) is 17.7 Å². The SMILES string of the molecule is CCc1ccccc1NC(=O)CN1CCN(C(=O)OCC(C)C)CC1. The molecule has 1 aliphatic heterocycles. The average molecular weight is 347 g/mol. The topological polar surface area (TPSA) is 61.9 Å². The van der Waals surface area contributed by atoms with Crippen LogP contribution < -0.4 is 5.32 Å².